The molecule has 0 fully saturated rings. The van der Waals surface area contributed by atoms with Gasteiger partial charge in [0.25, 0.3) is 0 Å². The van der Waals surface area contributed by atoms with E-state index in [4.69, 9.17) is 0 Å². The second-order valence-corrected chi connectivity index (χ2v) is 5.58. The third-order valence-electron chi connectivity index (χ3n) is 3.96. The van der Waals surface area contributed by atoms with Crippen LogP contribution >= 0.6 is 0 Å². The molecule has 4 N–H and O–H groups in total. The van der Waals surface area contributed by atoms with Crippen LogP contribution in [0.15, 0.2) is 60.7 Å². The standard InChI is InChI=1S/C18H16N2O8/c21-15(22)19(16(23)24)13(11-7-3-1-4-8-11)14(12-9-5-2-6-10-12)20(17(25)26)18(27)28/h1-10,13-14H,(H,21,22)(H,23,24)(H,25,26)(H,27,28). The second kappa shape index (κ2) is 8.54. The summed E-state index contributed by atoms with van der Waals surface area (Å²) in [6, 6.07) is 11.4. The molecule has 28 heavy (non-hydrogen) atoms. The summed E-state index contributed by atoms with van der Waals surface area (Å²) in [5.41, 5.74) is 0.210. The Kier molecular flexibility index (Phi) is 6.17. The minimum Gasteiger partial charge on any atom is -0.465 e. The Morgan fingerprint density at radius 3 is 1.00 bits per heavy atom. The van der Waals surface area contributed by atoms with Crippen LogP contribution in [0.2, 0.25) is 0 Å². The van der Waals surface area contributed by atoms with Crippen LogP contribution in [0.5, 0.6) is 0 Å². The summed E-state index contributed by atoms with van der Waals surface area (Å²) in [5, 5.41) is 37.8. The highest BCUT2D eigenvalue weighted by Gasteiger charge is 2.44. The van der Waals surface area contributed by atoms with Gasteiger partial charge in [-0.1, -0.05) is 60.7 Å². The molecule has 2 aromatic carbocycles. The molecule has 0 spiro atoms. The fraction of sp³-hybridized carbons (Fsp3) is 0.111. The van der Waals surface area contributed by atoms with Crippen LogP contribution in [0.1, 0.15) is 23.2 Å². The average Bonchev–Trinajstić information content (AvgIpc) is 2.64. The maximum Gasteiger partial charge on any atom is 0.417 e. The Morgan fingerprint density at radius 1 is 0.536 bits per heavy atom. The summed E-state index contributed by atoms with van der Waals surface area (Å²) >= 11 is 0. The summed E-state index contributed by atoms with van der Waals surface area (Å²) in [5.74, 6) is 0. The van der Waals surface area contributed by atoms with Crippen molar-refractivity contribution in [1.29, 1.82) is 0 Å². The topological polar surface area (TPSA) is 156 Å². The molecule has 0 radical (unpaired) electrons. The van der Waals surface area contributed by atoms with E-state index in [0.29, 0.717) is 0 Å². The third kappa shape index (κ3) is 4.18. The number of hydrogen-bond acceptors (Lipinski definition) is 4. The fourth-order valence-electron chi connectivity index (χ4n) is 2.89. The first kappa shape index (κ1) is 20.2. The van der Waals surface area contributed by atoms with E-state index in [9.17, 15) is 39.6 Å². The molecular formula is C18H16N2O8. The van der Waals surface area contributed by atoms with Crippen molar-refractivity contribution in [1.82, 2.24) is 9.80 Å². The van der Waals surface area contributed by atoms with Gasteiger partial charge < -0.3 is 20.4 Å². The van der Waals surface area contributed by atoms with Crippen LogP contribution in [-0.2, 0) is 0 Å². The van der Waals surface area contributed by atoms with E-state index >= 15 is 0 Å². The molecule has 2 rings (SSSR count). The number of hydrogen-bond donors (Lipinski definition) is 4. The minimum atomic E-state index is -1.88. The van der Waals surface area contributed by atoms with Gasteiger partial charge in [-0.05, 0) is 11.1 Å². The fourth-order valence-corrected chi connectivity index (χ4v) is 2.89. The summed E-state index contributed by atoms with van der Waals surface area (Å²) in [6.07, 6.45) is -7.51. The van der Waals surface area contributed by atoms with Crippen LogP contribution in [0.25, 0.3) is 0 Å². The van der Waals surface area contributed by atoms with Gasteiger partial charge in [0.05, 0.1) is 12.1 Å². The third-order valence-corrected chi connectivity index (χ3v) is 3.96. The molecule has 0 bridgehead atoms. The van der Waals surface area contributed by atoms with Gasteiger partial charge in [0.2, 0.25) is 0 Å². The maximum absolute atomic E-state index is 11.7. The zero-order valence-corrected chi connectivity index (χ0v) is 14.2. The number of carbonyl (C=O) groups is 4. The molecule has 0 aliphatic rings. The Balaban J connectivity index is 2.81. The number of carboxylic acid groups (broad SMARTS) is 4. The predicted octanol–water partition coefficient (Wildman–Crippen LogP) is 3.79. The van der Waals surface area contributed by atoms with E-state index in [1.54, 1.807) is 12.1 Å². The first-order valence-corrected chi connectivity index (χ1v) is 7.85. The van der Waals surface area contributed by atoms with Crippen molar-refractivity contribution in [2.24, 2.45) is 0 Å². The lowest BCUT2D eigenvalue weighted by Gasteiger charge is -2.36. The molecule has 2 unspecified atom stereocenters. The van der Waals surface area contributed by atoms with Gasteiger partial charge in [0, 0.05) is 0 Å². The van der Waals surface area contributed by atoms with Gasteiger partial charge in [0.15, 0.2) is 0 Å². The van der Waals surface area contributed by atoms with Crippen molar-refractivity contribution in [3.63, 3.8) is 0 Å². The van der Waals surface area contributed by atoms with E-state index < -0.39 is 36.5 Å². The molecule has 2 atom stereocenters. The first-order valence-electron chi connectivity index (χ1n) is 7.85. The molecule has 0 saturated carbocycles. The van der Waals surface area contributed by atoms with Crippen LogP contribution in [0.3, 0.4) is 0 Å². The quantitative estimate of drug-likeness (QED) is 0.603. The number of benzene rings is 2. The van der Waals surface area contributed by atoms with Crippen molar-refractivity contribution in [2.45, 2.75) is 12.1 Å². The maximum atomic E-state index is 11.7. The molecule has 10 heteroatoms. The summed E-state index contributed by atoms with van der Waals surface area (Å²) in [6.45, 7) is 0. The van der Waals surface area contributed by atoms with Gasteiger partial charge in [0.1, 0.15) is 0 Å². The van der Waals surface area contributed by atoms with Crippen molar-refractivity contribution in [3.8, 4) is 0 Å². The summed E-state index contributed by atoms with van der Waals surface area (Å²) in [7, 11) is 0. The molecule has 0 aliphatic carbocycles. The van der Waals surface area contributed by atoms with Crippen molar-refractivity contribution in [3.05, 3.63) is 71.8 Å². The lowest BCUT2D eigenvalue weighted by molar-refractivity contribution is 0.0595. The molecule has 0 heterocycles. The second-order valence-electron chi connectivity index (χ2n) is 5.58. The molecule has 0 saturated heterocycles. The Labute approximate surface area is 158 Å². The molecule has 4 amide bonds. The van der Waals surface area contributed by atoms with Crippen LogP contribution < -0.4 is 0 Å². The minimum absolute atomic E-state index is 0.00806. The first-order chi connectivity index (χ1) is 13.3. The normalized spacial score (nSPS) is 12.4. The lowest BCUT2D eigenvalue weighted by atomic mass is 9.91. The highest BCUT2D eigenvalue weighted by molar-refractivity contribution is 5.88. The molecular weight excluding hydrogens is 372 g/mol. The SMILES string of the molecule is O=C(O)N(C(=O)O)C(c1ccccc1)C(c1ccccc1)N(C(=O)O)C(=O)O. The van der Waals surface area contributed by atoms with Crippen LogP contribution in [-0.4, -0.2) is 54.6 Å². The largest absolute Gasteiger partial charge is 0.465 e. The Hall–Kier alpha value is -4.08. The van der Waals surface area contributed by atoms with E-state index in [1.807, 2.05) is 0 Å². The van der Waals surface area contributed by atoms with E-state index in [1.165, 1.54) is 48.5 Å². The Morgan fingerprint density at radius 2 is 0.786 bits per heavy atom. The molecule has 10 nitrogen and oxygen atoms in total. The van der Waals surface area contributed by atoms with Gasteiger partial charge >= 0.3 is 24.4 Å². The van der Waals surface area contributed by atoms with Crippen molar-refractivity contribution in [2.75, 3.05) is 0 Å². The zero-order chi connectivity index (χ0) is 20.8. The Bertz CT molecular complexity index is 770. The van der Waals surface area contributed by atoms with E-state index in [0.717, 1.165) is 0 Å². The van der Waals surface area contributed by atoms with Crippen LogP contribution in [0, 0.1) is 0 Å². The van der Waals surface area contributed by atoms with E-state index in [-0.39, 0.29) is 20.9 Å². The number of imide groups is 2. The monoisotopic (exact) mass is 388 g/mol. The smallest absolute Gasteiger partial charge is 0.417 e. The van der Waals surface area contributed by atoms with E-state index in [2.05, 4.69) is 0 Å². The summed E-state index contributed by atoms with van der Waals surface area (Å²) < 4.78 is 0. The zero-order valence-electron chi connectivity index (χ0n) is 14.2. The van der Waals surface area contributed by atoms with Crippen LogP contribution in [0.4, 0.5) is 19.2 Å². The van der Waals surface area contributed by atoms with Crippen molar-refractivity contribution >= 4 is 24.4 Å². The summed E-state index contributed by atoms with van der Waals surface area (Å²) in [4.78, 5) is 46.7. The predicted molar refractivity (Wildman–Crippen MR) is 94.1 cm³/mol. The van der Waals surface area contributed by atoms with Gasteiger partial charge in [-0.25, -0.2) is 29.0 Å². The molecule has 0 aliphatic heterocycles. The van der Waals surface area contributed by atoms with Gasteiger partial charge in [-0.15, -0.1) is 0 Å². The highest BCUT2D eigenvalue weighted by atomic mass is 16.4. The highest BCUT2D eigenvalue weighted by Crippen LogP contribution is 2.39. The number of nitrogens with zero attached hydrogens (tertiary/aromatic N) is 2. The molecule has 146 valence electrons. The molecule has 2 aromatic rings. The number of rotatable bonds is 5. The lowest BCUT2D eigenvalue weighted by Crippen LogP contribution is -2.48. The average molecular weight is 388 g/mol. The number of amides is 4. The van der Waals surface area contributed by atoms with Gasteiger partial charge in [-0.3, -0.25) is 0 Å². The van der Waals surface area contributed by atoms with Gasteiger partial charge in [-0.2, -0.15) is 0 Å². The van der Waals surface area contributed by atoms with Crippen molar-refractivity contribution < 1.29 is 39.6 Å². The molecule has 0 aromatic heterocycles.